The number of nitrogens with one attached hydrogen (secondary N) is 1. The molecule has 2 rings (SSSR count). The number of hydrogen-bond donors (Lipinski definition) is 2. The minimum absolute atomic E-state index is 0.0808. The smallest absolute Gasteiger partial charge is 0.237 e. The van der Waals surface area contributed by atoms with E-state index in [1.807, 2.05) is 22.9 Å². The zero-order valence-corrected chi connectivity index (χ0v) is 12.2. The predicted molar refractivity (Wildman–Crippen MR) is 76.7 cm³/mol. The Labute approximate surface area is 124 Å². The van der Waals surface area contributed by atoms with Gasteiger partial charge in [0.25, 0.3) is 0 Å². The number of carbonyl (C=O) groups is 2. The minimum Gasteiger partial charge on any atom is -0.472 e. The lowest BCUT2D eigenvalue weighted by atomic mass is 9.96. The topological polar surface area (TPSA) is 91.8 Å². The molecule has 0 saturated carbocycles. The molecule has 0 aliphatic carbocycles. The number of piperidine rings is 1. The van der Waals surface area contributed by atoms with Crippen molar-refractivity contribution >= 4 is 11.8 Å². The lowest BCUT2D eigenvalue weighted by molar-refractivity contribution is -0.136. The fourth-order valence-corrected chi connectivity index (χ4v) is 2.59. The van der Waals surface area contributed by atoms with Crippen LogP contribution >= 0.6 is 0 Å². The molecular weight excluding hydrogens is 272 g/mol. The molecule has 0 unspecified atom stereocenters. The van der Waals surface area contributed by atoms with Crippen molar-refractivity contribution in [2.24, 2.45) is 11.8 Å². The Morgan fingerprint density at radius 2 is 2.19 bits per heavy atom. The molecule has 21 heavy (non-hydrogen) atoms. The summed E-state index contributed by atoms with van der Waals surface area (Å²) >= 11 is 0. The van der Waals surface area contributed by atoms with Gasteiger partial charge in [-0.1, -0.05) is 0 Å². The van der Waals surface area contributed by atoms with Crippen LogP contribution in [0.5, 0.6) is 0 Å². The third kappa shape index (κ3) is 4.30. The normalized spacial score (nSPS) is 16.2. The molecule has 1 aliphatic heterocycles. The van der Waals surface area contributed by atoms with Gasteiger partial charge in [0, 0.05) is 31.1 Å². The van der Waals surface area contributed by atoms with E-state index in [0.717, 1.165) is 5.56 Å². The zero-order chi connectivity index (χ0) is 15.2. The van der Waals surface area contributed by atoms with Crippen LogP contribution in [0.3, 0.4) is 0 Å². The lowest BCUT2D eigenvalue weighted by Crippen LogP contribution is -2.46. The van der Waals surface area contributed by atoms with Crippen molar-refractivity contribution in [3.63, 3.8) is 0 Å². The standard InChI is InChI=1S/C14H22N4O3/c1-17(8-11-4-7-21-10-11)9-13(19)18-5-2-12(3-6-18)14(20)16-15/h4,7,10,12H,2-3,5-6,8-9,15H2,1H3,(H,16,20). The molecule has 0 atom stereocenters. The average Bonchev–Trinajstić information content (AvgIpc) is 2.99. The summed E-state index contributed by atoms with van der Waals surface area (Å²) in [5.74, 6) is 5.00. The summed E-state index contributed by atoms with van der Waals surface area (Å²) in [4.78, 5) is 27.4. The second kappa shape index (κ2) is 7.24. The highest BCUT2D eigenvalue weighted by Crippen LogP contribution is 2.17. The molecule has 3 N–H and O–H groups in total. The largest absolute Gasteiger partial charge is 0.472 e. The van der Waals surface area contributed by atoms with Crippen molar-refractivity contribution in [2.75, 3.05) is 26.7 Å². The Bertz CT molecular complexity index is 467. The van der Waals surface area contributed by atoms with Crippen molar-refractivity contribution < 1.29 is 14.0 Å². The first kappa shape index (κ1) is 15.5. The van der Waals surface area contributed by atoms with Gasteiger partial charge in [0.15, 0.2) is 0 Å². The number of likely N-dealkylation sites (N-methyl/N-ethyl adjacent to an activating group) is 1. The van der Waals surface area contributed by atoms with E-state index >= 15 is 0 Å². The van der Waals surface area contributed by atoms with Gasteiger partial charge in [-0.2, -0.15) is 0 Å². The summed E-state index contributed by atoms with van der Waals surface area (Å²) < 4.78 is 5.01. The molecule has 2 amide bonds. The van der Waals surface area contributed by atoms with Gasteiger partial charge in [-0.15, -0.1) is 0 Å². The number of hydrazine groups is 1. The summed E-state index contributed by atoms with van der Waals surface area (Å²) in [5, 5.41) is 0. The van der Waals surface area contributed by atoms with Crippen molar-refractivity contribution in [1.29, 1.82) is 0 Å². The Morgan fingerprint density at radius 3 is 2.76 bits per heavy atom. The highest BCUT2D eigenvalue weighted by molar-refractivity contribution is 5.80. The number of hydrogen-bond acceptors (Lipinski definition) is 5. The number of likely N-dealkylation sites (tertiary alicyclic amines) is 1. The average molecular weight is 294 g/mol. The maximum absolute atomic E-state index is 12.2. The fourth-order valence-electron chi connectivity index (χ4n) is 2.59. The first-order valence-corrected chi connectivity index (χ1v) is 7.08. The van der Waals surface area contributed by atoms with Crippen LogP contribution in [0.15, 0.2) is 23.0 Å². The van der Waals surface area contributed by atoms with Crippen LogP contribution in [0.2, 0.25) is 0 Å². The molecule has 2 heterocycles. The van der Waals surface area contributed by atoms with Gasteiger partial charge >= 0.3 is 0 Å². The van der Waals surface area contributed by atoms with Crippen molar-refractivity contribution in [3.05, 3.63) is 24.2 Å². The third-order valence-corrected chi connectivity index (χ3v) is 3.80. The molecule has 116 valence electrons. The molecule has 7 nitrogen and oxygen atoms in total. The third-order valence-electron chi connectivity index (χ3n) is 3.80. The van der Waals surface area contributed by atoms with Gasteiger partial charge in [0.2, 0.25) is 11.8 Å². The molecule has 0 bridgehead atoms. The van der Waals surface area contributed by atoms with Crippen molar-refractivity contribution in [3.8, 4) is 0 Å². The Morgan fingerprint density at radius 1 is 1.48 bits per heavy atom. The monoisotopic (exact) mass is 294 g/mol. The van der Waals surface area contributed by atoms with E-state index in [0.29, 0.717) is 39.0 Å². The van der Waals surface area contributed by atoms with Gasteiger partial charge in [-0.3, -0.25) is 19.9 Å². The van der Waals surface area contributed by atoms with Crippen molar-refractivity contribution in [1.82, 2.24) is 15.2 Å². The van der Waals surface area contributed by atoms with Gasteiger partial charge < -0.3 is 9.32 Å². The SMILES string of the molecule is CN(CC(=O)N1CCC(C(=O)NN)CC1)Cc1ccoc1. The fraction of sp³-hybridized carbons (Fsp3) is 0.571. The van der Waals surface area contributed by atoms with E-state index < -0.39 is 0 Å². The number of nitrogens with zero attached hydrogens (tertiary/aromatic N) is 2. The van der Waals surface area contributed by atoms with Gasteiger partial charge in [0.05, 0.1) is 19.1 Å². The Balaban J connectivity index is 1.75. The highest BCUT2D eigenvalue weighted by Gasteiger charge is 2.27. The summed E-state index contributed by atoms with van der Waals surface area (Å²) in [5.41, 5.74) is 3.22. The minimum atomic E-state index is -0.140. The Kier molecular flexibility index (Phi) is 5.35. The van der Waals surface area contributed by atoms with E-state index in [9.17, 15) is 9.59 Å². The van der Waals surface area contributed by atoms with Crippen LogP contribution in [0, 0.1) is 5.92 Å². The van der Waals surface area contributed by atoms with E-state index in [2.05, 4.69) is 5.43 Å². The van der Waals surface area contributed by atoms with Crippen molar-refractivity contribution in [2.45, 2.75) is 19.4 Å². The first-order valence-electron chi connectivity index (χ1n) is 7.08. The van der Waals surface area contributed by atoms with E-state index in [1.165, 1.54) is 0 Å². The summed E-state index contributed by atoms with van der Waals surface area (Å²) in [6, 6.07) is 1.89. The summed E-state index contributed by atoms with van der Waals surface area (Å²) in [6.07, 6.45) is 4.64. The maximum atomic E-state index is 12.2. The molecule has 1 saturated heterocycles. The molecule has 1 aliphatic rings. The molecule has 0 aromatic carbocycles. The van der Waals surface area contributed by atoms with Crippen LogP contribution < -0.4 is 11.3 Å². The zero-order valence-electron chi connectivity index (χ0n) is 12.2. The number of furan rings is 1. The van der Waals surface area contributed by atoms with Gasteiger partial charge in [0.1, 0.15) is 0 Å². The number of rotatable bonds is 5. The molecule has 1 aromatic heterocycles. The molecule has 1 fully saturated rings. The summed E-state index contributed by atoms with van der Waals surface area (Å²) in [6.45, 7) is 2.25. The number of nitrogens with two attached hydrogens (primary N) is 1. The van der Waals surface area contributed by atoms with Crippen LogP contribution in [-0.2, 0) is 16.1 Å². The lowest BCUT2D eigenvalue weighted by Gasteiger charge is -2.32. The van der Waals surface area contributed by atoms with Crippen LogP contribution in [0.4, 0.5) is 0 Å². The molecule has 7 heteroatoms. The van der Waals surface area contributed by atoms with E-state index in [-0.39, 0.29) is 17.7 Å². The van der Waals surface area contributed by atoms with Crippen LogP contribution in [0.25, 0.3) is 0 Å². The van der Waals surface area contributed by atoms with Crippen LogP contribution in [-0.4, -0.2) is 48.3 Å². The second-order valence-corrected chi connectivity index (χ2v) is 5.47. The first-order chi connectivity index (χ1) is 10.1. The molecule has 0 radical (unpaired) electrons. The predicted octanol–water partition coefficient (Wildman–Crippen LogP) is -0.0601. The van der Waals surface area contributed by atoms with E-state index in [4.69, 9.17) is 10.3 Å². The van der Waals surface area contributed by atoms with Crippen LogP contribution in [0.1, 0.15) is 18.4 Å². The molecule has 1 aromatic rings. The second-order valence-electron chi connectivity index (χ2n) is 5.47. The maximum Gasteiger partial charge on any atom is 0.237 e. The van der Waals surface area contributed by atoms with Gasteiger partial charge in [-0.25, -0.2) is 5.84 Å². The summed E-state index contributed by atoms with van der Waals surface area (Å²) in [7, 11) is 1.90. The molecular formula is C14H22N4O3. The van der Waals surface area contributed by atoms with E-state index in [1.54, 1.807) is 12.5 Å². The van der Waals surface area contributed by atoms with Gasteiger partial charge in [-0.05, 0) is 26.0 Å². The Hall–Kier alpha value is -1.86. The number of carbonyl (C=O) groups excluding carboxylic acids is 2. The quantitative estimate of drug-likeness (QED) is 0.451. The highest BCUT2D eigenvalue weighted by atomic mass is 16.3. The molecule has 0 spiro atoms. The number of amides is 2.